The van der Waals surface area contributed by atoms with Gasteiger partial charge in [0.15, 0.2) is 0 Å². The molecule has 7 heteroatoms. The summed E-state index contributed by atoms with van der Waals surface area (Å²) in [6, 6.07) is 6.66. The van der Waals surface area contributed by atoms with Crippen molar-refractivity contribution in [3.05, 3.63) is 47.8 Å². The van der Waals surface area contributed by atoms with Crippen LogP contribution in [0.15, 0.2) is 41.6 Å². The summed E-state index contributed by atoms with van der Waals surface area (Å²) in [4.78, 5) is 0.251. The van der Waals surface area contributed by atoms with E-state index in [2.05, 4.69) is 10.2 Å². The largest absolute Gasteiger partial charge is 0.326 e. The highest BCUT2D eigenvalue weighted by atomic mass is 32.2. The highest BCUT2D eigenvalue weighted by Crippen LogP contribution is 2.17. The third kappa shape index (κ3) is 3.01. The van der Waals surface area contributed by atoms with Gasteiger partial charge in [0, 0.05) is 31.9 Å². The molecule has 0 aliphatic heterocycles. The average molecular weight is 280 g/mol. The van der Waals surface area contributed by atoms with Crippen LogP contribution >= 0.6 is 0 Å². The van der Waals surface area contributed by atoms with Crippen molar-refractivity contribution in [2.24, 2.45) is 5.73 Å². The predicted molar refractivity (Wildman–Crippen MR) is 71.6 cm³/mol. The van der Waals surface area contributed by atoms with E-state index in [0.717, 1.165) is 11.1 Å². The molecule has 2 rings (SSSR count). The van der Waals surface area contributed by atoms with Gasteiger partial charge in [0.2, 0.25) is 10.0 Å². The lowest BCUT2D eigenvalue weighted by Gasteiger charge is -2.16. The summed E-state index contributed by atoms with van der Waals surface area (Å²) in [7, 11) is -1.97. The molecule has 19 heavy (non-hydrogen) atoms. The number of sulfonamides is 1. The number of benzene rings is 1. The van der Waals surface area contributed by atoms with Gasteiger partial charge in [-0.3, -0.25) is 5.10 Å². The number of nitrogens with one attached hydrogen (secondary N) is 1. The Balaban J connectivity index is 2.25. The quantitative estimate of drug-likeness (QED) is 0.842. The first kappa shape index (κ1) is 13.7. The fourth-order valence-electron chi connectivity index (χ4n) is 1.72. The van der Waals surface area contributed by atoms with Crippen molar-refractivity contribution in [1.82, 2.24) is 14.5 Å². The molecule has 1 aromatic carbocycles. The van der Waals surface area contributed by atoms with Crippen molar-refractivity contribution < 1.29 is 8.42 Å². The fourth-order valence-corrected chi connectivity index (χ4v) is 2.95. The lowest BCUT2D eigenvalue weighted by Crippen LogP contribution is -2.26. The Morgan fingerprint density at radius 2 is 2.16 bits per heavy atom. The lowest BCUT2D eigenvalue weighted by molar-refractivity contribution is 0.466. The van der Waals surface area contributed by atoms with Crippen LogP contribution in [0.1, 0.15) is 11.1 Å². The second kappa shape index (κ2) is 5.52. The van der Waals surface area contributed by atoms with Gasteiger partial charge in [-0.25, -0.2) is 8.42 Å². The van der Waals surface area contributed by atoms with E-state index < -0.39 is 10.0 Å². The van der Waals surface area contributed by atoms with Crippen LogP contribution in [0.5, 0.6) is 0 Å². The molecular formula is C12H16N4O2S. The van der Waals surface area contributed by atoms with Crippen molar-refractivity contribution in [3.63, 3.8) is 0 Å². The first-order valence-corrected chi connectivity index (χ1v) is 7.21. The van der Waals surface area contributed by atoms with E-state index in [1.807, 2.05) is 0 Å². The van der Waals surface area contributed by atoms with Crippen LogP contribution in [-0.4, -0.2) is 30.0 Å². The Morgan fingerprint density at radius 3 is 2.79 bits per heavy atom. The maximum atomic E-state index is 12.4. The third-order valence-corrected chi connectivity index (χ3v) is 4.60. The molecule has 0 fully saturated rings. The van der Waals surface area contributed by atoms with Crippen LogP contribution in [0.2, 0.25) is 0 Å². The van der Waals surface area contributed by atoms with Gasteiger partial charge in [0.25, 0.3) is 0 Å². The fraction of sp³-hybridized carbons (Fsp3) is 0.250. The van der Waals surface area contributed by atoms with Crippen molar-refractivity contribution in [2.45, 2.75) is 18.0 Å². The van der Waals surface area contributed by atoms with E-state index in [-0.39, 0.29) is 11.4 Å². The van der Waals surface area contributed by atoms with Gasteiger partial charge in [0.1, 0.15) is 0 Å². The Bertz CT molecular complexity index is 638. The summed E-state index contributed by atoms with van der Waals surface area (Å²) in [5.74, 6) is 0. The van der Waals surface area contributed by atoms with E-state index in [1.165, 1.54) is 11.4 Å². The maximum absolute atomic E-state index is 12.4. The summed E-state index contributed by atoms with van der Waals surface area (Å²) < 4.78 is 26.0. The summed E-state index contributed by atoms with van der Waals surface area (Å²) in [6.07, 6.45) is 3.27. The lowest BCUT2D eigenvalue weighted by atomic mass is 10.2. The molecule has 0 atom stereocenters. The van der Waals surface area contributed by atoms with Gasteiger partial charge in [-0.05, 0) is 17.7 Å². The molecule has 0 spiro atoms. The van der Waals surface area contributed by atoms with Gasteiger partial charge in [-0.15, -0.1) is 0 Å². The smallest absolute Gasteiger partial charge is 0.243 e. The number of aromatic amines is 1. The highest BCUT2D eigenvalue weighted by Gasteiger charge is 2.21. The molecule has 0 radical (unpaired) electrons. The number of hydrogen-bond acceptors (Lipinski definition) is 4. The summed E-state index contributed by atoms with van der Waals surface area (Å²) >= 11 is 0. The monoisotopic (exact) mass is 280 g/mol. The molecule has 1 aromatic heterocycles. The minimum atomic E-state index is -3.51. The molecule has 0 saturated heterocycles. The molecule has 3 N–H and O–H groups in total. The molecule has 0 aliphatic rings. The standard InChI is InChI=1S/C12H16N4O2S/c1-16(9-11-7-14-15-8-11)19(17,18)12-4-2-3-10(5-12)6-13/h2-5,7-8H,6,9,13H2,1H3,(H,14,15). The zero-order valence-corrected chi connectivity index (χ0v) is 11.4. The molecule has 2 aromatic rings. The number of nitrogens with zero attached hydrogens (tertiary/aromatic N) is 2. The minimum absolute atomic E-state index is 0.251. The van der Waals surface area contributed by atoms with E-state index in [0.29, 0.717) is 6.54 Å². The van der Waals surface area contributed by atoms with Crippen molar-refractivity contribution in [3.8, 4) is 0 Å². The van der Waals surface area contributed by atoms with E-state index >= 15 is 0 Å². The number of nitrogens with two attached hydrogens (primary N) is 1. The molecular weight excluding hydrogens is 264 g/mol. The topological polar surface area (TPSA) is 92.1 Å². The molecule has 1 heterocycles. The first-order chi connectivity index (χ1) is 9.04. The van der Waals surface area contributed by atoms with Crippen molar-refractivity contribution in [1.29, 1.82) is 0 Å². The van der Waals surface area contributed by atoms with Gasteiger partial charge in [0.05, 0.1) is 11.1 Å². The zero-order valence-electron chi connectivity index (χ0n) is 10.6. The van der Waals surface area contributed by atoms with Crippen molar-refractivity contribution >= 4 is 10.0 Å². The van der Waals surface area contributed by atoms with Crippen LogP contribution in [0.3, 0.4) is 0 Å². The van der Waals surface area contributed by atoms with E-state index in [9.17, 15) is 8.42 Å². The Kier molecular flexibility index (Phi) is 3.98. The Morgan fingerprint density at radius 1 is 1.37 bits per heavy atom. The van der Waals surface area contributed by atoms with E-state index in [1.54, 1.807) is 36.7 Å². The normalized spacial score (nSPS) is 11.9. The van der Waals surface area contributed by atoms with Crippen LogP contribution in [0, 0.1) is 0 Å². The molecule has 0 bridgehead atoms. The van der Waals surface area contributed by atoms with E-state index in [4.69, 9.17) is 5.73 Å². The van der Waals surface area contributed by atoms with Gasteiger partial charge < -0.3 is 5.73 Å². The zero-order chi connectivity index (χ0) is 13.9. The highest BCUT2D eigenvalue weighted by molar-refractivity contribution is 7.89. The first-order valence-electron chi connectivity index (χ1n) is 5.77. The number of hydrogen-bond donors (Lipinski definition) is 2. The maximum Gasteiger partial charge on any atom is 0.243 e. The summed E-state index contributed by atoms with van der Waals surface area (Å²) in [5.41, 5.74) is 7.12. The molecule has 0 aliphatic carbocycles. The summed E-state index contributed by atoms with van der Waals surface area (Å²) in [6.45, 7) is 0.584. The van der Waals surface area contributed by atoms with Crippen LogP contribution in [-0.2, 0) is 23.1 Å². The molecule has 0 unspecified atom stereocenters. The van der Waals surface area contributed by atoms with Crippen molar-refractivity contribution in [2.75, 3.05) is 7.05 Å². The summed E-state index contributed by atoms with van der Waals surface area (Å²) in [5, 5.41) is 6.45. The van der Waals surface area contributed by atoms with Gasteiger partial charge in [-0.2, -0.15) is 9.40 Å². The molecule has 0 saturated carbocycles. The van der Waals surface area contributed by atoms with Crippen LogP contribution in [0.4, 0.5) is 0 Å². The Hall–Kier alpha value is -1.70. The van der Waals surface area contributed by atoms with Gasteiger partial charge in [-0.1, -0.05) is 12.1 Å². The van der Waals surface area contributed by atoms with Crippen LogP contribution < -0.4 is 5.73 Å². The average Bonchev–Trinajstić information content (AvgIpc) is 2.91. The third-order valence-electron chi connectivity index (χ3n) is 2.80. The second-order valence-corrected chi connectivity index (χ2v) is 6.26. The molecule has 6 nitrogen and oxygen atoms in total. The number of rotatable bonds is 5. The van der Waals surface area contributed by atoms with Crippen LogP contribution in [0.25, 0.3) is 0 Å². The SMILES string of the molecule is CN(Cc1cn[nH]c1)S(=O)(=O)c1cccc(CN)c1. The number of H-pyrrole nitrogens is 1. The number of aromatic nitrogens is 2. The Labute approximate surface area is 112 Å². The molecule has 0 amide bonds. The molecule has 102 valence electrons. The predicted octanol–water partition coefficient (Wildman–Crippen LogP) is 0.689. The second-order valence-electron chi connectivity index (χ2n) is 4.22. The minimum Gasteiger partial charge on any atom is -0.326 e. The van der Waals surface area contributed by atoms with Gasteiger partial charge >= 0.3 is 0 Å².